The second-order valence-electron chi connectivity index (χ2n) is 14.6. The molecular formula is C32H52O2Si2Zr. The maximum atomic E-state index is 7.00. The minimum Gasteiger partial charge on any atom is -0.565 e. The van der Waals surface area contributed by atoms with E-state index in [9.17, 15) is 0 Å². The van der Waals surface area contributed by atoms with Gasteiger partial charge >= 0.3 is 26.2 Å². The van der Waals surface area contributed by atoms with Crippen molar-refractivity contribution >= 4 is 16.6 Å². The Labute approximate surface area is 249 Å². The maximum absolute atomic E-state index is 7.00. The molecule has 0 aliphatic heterocycles. The first-order chi connectivity index (χ1) is 16.6. The number of fused-ring (bicyclic) bond motifs is 2. The van der Waals surface area contributed by atoms with E-state index in [1.165, 1.54) is 74.0 Å². The van der Waals surface area contributed by atoms with Crippen molar-refractivity contribution in [1.82, 2.24) is 0 Å². The molecule has 0 aromatic heterocycles. The van der Waals surface area contributed by atoms with E-state index in [1.54, 1.807) is 22.3 Å². The van der Waals surface area contributed by atoms with Crippen molar-refractivity contribution in [2.24, 2.45) is 0 Å². The summed E-state index contributed by atoms with van der Waals surface area (Å²) in [5, 5.41) is 0.411. The summed E-state index contributed by atoms with van der Waals surface area (Å²) < 4.78 is 14.0. The maximum Gasteiger partial charge on any atom is 2.00 e. The molecule has 0 radical (unpaired) electrons. The standard InChI is InChI=1S/C32H52O2Si2.Zr/c1-31(2,3)35(7,8)33-29-21-23-15-11-13-17-25(23)27(29)19-20-28-26-18-14-12-16-24(26)22-30(28)34-36(9,10)32(4,5)6;/h21-22H,11-20H2,1-10H3;/q-2;+2. The molecule has 2 aromatic carbocycles. The van der Waals surface area contributed by atoms with E-state index in [1.807, 2.05) is 0 Å². The van der Waals surface area contributed by atoms with Crippen molar-refractivity contribution in [3.8, 4) is 11.5 Å². The van der Waals surface area contributed by atoms with Crippen LogP contribution in [0.15, 0.2) is 12.1 Å². The fourth-order valence-corrected chi connectivity index (χ4v) is 7.57. The van der Waals surface area contributed by atoms with Gasteiger partial charge in [0.15, 0.2) is 0 Å². The first-order valence-corrected chi connectivity index (χ1v) is 20.4. The topological polar surface area (TPSA) is 18.5 Å². The monoisotopic (exact) mass is 614 g/mol. The Morgan fingerprint density at radius 2 is 0.919 bits per heavy atom. The first kappa shape index (κ1) is 31.1. The summed E-state index contributed by atoms with van der Waals surface area (Å²) >= 11 is 0. The second-order valence-corrected chi connectivity index (χ2v) is 24.1. The quantitative estimate of drug-likeness (QED) is 0.228. The molecule has 0 amide bonds. The second kappa shape index (κ2) is 11.2. The van der Waals surface area contributed by atoms with E-state index >= 15 is 0 Å². The third-order valence-corrected chi connectivity index (χ3v) is 18.6. The van der Waals surface area contributed by atoms with Gasteiger partial charge in [0.2, 0.25) is 16.6 Å². The summed E-state index contributed by atoms with van der Waals surface area (Å²) in [6, 6.07) is 4.86. The number of hydrogen-bond donors (Lipinski definition) is 0. The van der Waals surface area contributed by atoms with Gasteiger partial charge in [-0.25, -0.2) is 0 Å². The summed E-state index contributed by atoms with van der Waals surface area (Å²) in [4.78, 5) is 0. The Morgan fingerprint density at radius 1 is 0.595 bits per heavy atom. The summed E-state index contributed by atoms with van der Waals surface area (Å²) in [6.45, 7) is 23.7. The van der Waals surface area contributed by atoms with Gasteiger partial charge in [-0.15, -0.1) is 12.1 Å². The molecule has 0 saturated heterocycles. The van der Waals surface area contributed by atoms with Gasteiger partial charge in [0, 0.05) is 0 Å². The van der Waals surface area contributed by atoms with E-state index in [0.29, 0.717) is 0 Å². The van der Waals surface area contributed by atoms with Gasteiger partial charge in [-0.2, -0.15) is 33.4 Å². The minimum atomic E-state index is -1.89. The van der Waals surface area contributed by atoms with Gasteiger partial charge < -0.3 is 8.85 Å². The first-order valence-electron chi connectivity index (χ1n) is 14.6. The zero-order chi connectivity index (χ0) is 26.5. The van der Waals surface area contributed by atoms with Crippen molar-refractivity contribution in [2.75, 3.05) is 0 Å². The van der Waals surface area contributed by atoms with Crippen molar-refractivity contribution in [3.63, 3.8) is 0 Å². The Balaban J connectivity index is 0.00000380. The molecule has 0 heterocycles. The number of aryl methyl sites for hydroxylation is 2. The molecule has 0 bridgehead atoms. The van der Waals surface area contributed by atoms with Crippen molar-refractivity contribution in [2.45, 2.75) is 142 Å². The fourth-order valence-electron chi connectivity index (χ4n) is 5.49. The van der Waals surface area contributed by atoms with Gasteiger partial charge in [-0.1, -0.05) is 106 Å². The molecule has 2 nitrogen and oxygen atoms in total. The van der Waals surface area contributed by atoms with Crippen LogP contribution in [0.25, 0.3) is 0 Å². The molecule has 2 aliphatic carbocycles. The molecule has 5 heteroatoms. The third-order valence-electron chi connectivity index (χ3n) is 9.92. The van der Waals surface area contributed by atoms with Gasteiger partial charge in [0.25, 0.3) is 0 Å². The number of hydrogen-bond acceptors (Lipinski definition) is 2. The molecule has 37 heavy (non-hydrogen) atoms. The van der Waals surface area contributed by atoms with Crippen molar-refractivity contribution in [1.29, 1.82) is 0 Å². The van der Waals surface area contributed by atoms with Crippen LogP contribution in [0.3, 0.4) is 0 Å². The predicted octanol–water partition coefficient (Wildman–Crippen LogP) is 9.43. The summed E-state index contributed by atoms with van der Waals surface area (Å²) in [7, 11) is -3.79. The Kier molecular flexibility index (Phi) is 9.46. The third kappa shape index (κ3) is 6.51. The van der Waals surface area contributed by atoms with Gasteiger partial charge in [-0.3, -0.25) is 0 Å². The molecule has 0 unspecified atom stereocenters. The van der Waals surface area contributed by atoms with Crippen molar-refractivity contribution < 1.29 is 35.1 Å². The molecule has 204 valence electrons. The van der Waals surface area contributed by atoms with Gasteiger partial charge in [0.1, 0.15) is 0 Å². The van der Waals surface area contributed by atoms with E-state index in [0.717, 1.165) is 12.8 Å². The van der Waals surface area contributed by atoms with Crippen LogP contribution in [0.5, 0.6) is 11.5 Å². The molecule has 4 rings (SSSR count). The normalized spacial score (nSPS) is 16.6. The van der Waals surface area contributed by atoms with Crippen LogP contribution >= 0.6 is 0 Å². The van der Waals surface area contributed by atoms with Crippen LogP contribution in [0.1, 0.15) is 101 Å². The molecule has 2 aliphatic rings. The fraction of sp³-hybridized carbons (Fsp3) is 0.688. The summed E-state index contributed by atoms with van der Waals surface area (Å²) in [5.41, 5.74) is 9.38. The molecule has 0 spiro atoms. The molecule has 2 aromatic rings. The van der Waals surface area contributed by atoms with E-state index in [-0.39, 0.29) is 36.3 Å². The molecule has 0 saturated carbocycles. The number of rotatable bonds is 7. The van der Waals surface area contributed by atoms with Gasteiger partial charge in [-0.05, 0) is 47.8 Å². The molecule has 0 atom stereocenters. The summed E-state index contributed by atoms with van der Waals surface area (Å²) in [5.74, 6) is 2.42. The average molecular weight is 616 g/mol. The minimum absolute atomic E-state index is 0. The molecular weight excluding hydrogens is 564 g/mol. The van der Waals surface area contributed by atoms with E-state index < -0.39 is 16.6 Å². The Morgan fingerprint density at radius 3 is 1.24 bits per heavy atom. The van der Waals surface area contributed by atoms with Crippen LogP contribution < -0.4 is 8.85 Å². The van der Waals surface area contributed by atoms with Crippen LogP contribution in [0.4, 0.5) is 0 Å². The average Bonchev–Trinajstić information content (AvgIpc) is 3.27. The Bertz CT molecular complexity index is 990. The zero-order valence-corrected chi connectivity index (χ0v) is 30.0. The van der Waals surface area contributed by atoms with Crippen LogP contribution in [-0.2, 0) is 64.7 Å². The van der Waals surface area contributed by atoms with E-state index in [2.05, 4.69) is 79.9 Å². The molecule has 0 N–H and O–H groups in total. The van der Waals surface area contributed by atoms with E-state index in [4.69, 9.17) is 8.85 Å². The SMILES string of the molecule is CC(C)(C)[Si](C)(C)Oc1[cH-]c2c(c1CCc1c(O[Si](C)(C)C(C)(C)C)[cH-]c3c1CCCC3)CCCC2.[Zr+2]. The largest absolute Gasteiger partial charge is 2.00 e. The summed E-state index contributed by atoms with van der Waals surface area (Å²) in [6.07, 6.45) is 12.3. The van der Waals surface area contributed by atoms with Crippen LogP contribution in [0, 0.1) is 0 Å². The van der Waals surface area contributed by atoms with Crippen LogP contribution in [-0.4, -0.2) is 16.6 Å². The smallest absolute Gasteiger partial charge is 0.565 e. The van der Waals surface area contributed by atoms with Crippen molar-refractivity contribution in [3.05, 3.63) is 45.5 Å². The Hall–Kier alpha value is -0.383. The molecule has 0 fully saturated rings. The van der Waals surface area contributed by atoms with Crippen LogP contribution in [0.2, 0.25) is 36.3 Å². The predicted molar refractivity (Wildman–Crippen MR) is 160 cm³/mol. The zero-order valence-electron chi connectivity index (χ0n) is 25.5. The van der Waals surface area contributed by atoms with Gasteiger partial charge in [0.05, 0.1) is 0 Å².